The summed E-state index contributed by atoms with van der Waals surface area (Å²) in [5, 5.41) is 19.8. The zero-order chi connectivity index (χ0) is 25.5. The number of hydrogen-bond donors (Lipinski definition) is 2. The van der Waals surface area contributed by atoms with Crippen molar-refractivity contribution in [2.75, 3.05) is 25.2 Å². The van der Waals surface area contributed by atoms with Crippen molar-refractivity contribution in [1.29, 1.82) is 0 Å². The number of aromatic hydroxyl groups is 1. The lowest BCUT2D eigenvalue weighted by Crippen LogP contribution is -2.28. The Morgan fingerprint density at radius 3 is 2.47 bits per heavy atom. The molecule has 0 bridgehead atoms. The summed E-state index contributed by atoms with van der Waals surface area (Å²) >= 11 is 0. The number of fused-ring (bicyclic) bond motifs is 1. The summed E-state index contributed by atoms with van der Waals surface area (Å²) in [4.78, 5) is 2.29. The van der Waals surface area contributed by atoms with Crippen LogP contribution in [0.1, 0.15) is 66.8 Å². The van der Waals surface area contributed by atoms with E-state index in [-0.39, 0.29) is 6.61 Å². The van der Waals surface area contributed by atoms with Crippen LogP contribution in [-0.2, 0) is 25.8 Å². The molecule has 36 heavy (non-hydrogen) atoms. The van der Waals surface area contributed by atoms with Gasteiger partial charge in [0.2, 0.25) is 0 Å². The first-order chi connectivity index (χ1) is 17.5. The number of nitrogens with zero attached hydrogens (tertiary/aromatic N) is 1. The molecule has 4 nitrogen and oxygen atoms in total. The van der Waals surface area contributed by atoms with Gasteiger partial charge in [-0.3, -0.25) is 0 Å². The standard InChI is InChI=1S/C32H41NO3/c1-23(2)5-4-6-24-7-9-25(10-8-24)22-33(17-18-34)32-21-30(36-3)15-16-31(32)28-12-11-27-20-29(35)14-13-26(27)19-28/h7-10,13-16,20-21,23,28,34-35H,4-6,11-12,17-19,22H2,1-3H3/t28-/m1/s1. The van der Waals surface area contributed by atoms with Gasteiger partial charge in [-0.25, -0.2) is 0 Å². The van der Waals surface area contributed by atoms with E-state index in [0.717, 1.165) is 49.6 Å². The van der Waals surface area contributed by atoms with Crippen molar-refractivity contribution in [3.8, 4) is 11.5 Å². The van der Waals surface area contributed by atoms with Crippen LogP contribution in [0.4, 0.5) is 5.69 Å². The molecule has 0 fully saturated rings. The lowest BCUT2D eigenvalue weighted by molar-refractivity contribution is 0.301. The van der Waals surface area contributed by atoms with Crippen LogP contribution in [0.5, 0.6) is 11.5 Å². The maximum atomic E-state index is 9.95. The van der Waals surface area contributed by atoms with Crippen LogP contribution in [0.3, 0.4) is 0 Å². The first-order valence-electron chi connectivity index (χ1n) is 13.4. The van der Waals surface area contributed by atoms with Gasteiger partial charge in [0.05, 0.1) is 13.7 Å². The summed E-state index contributed by atoms with van der Waals surface area (Å²) in [5.41, 5.74) is 7.64. The van der Waals surface area contributed by atoms with E-state index in [2.05, 4.69) is 61.2 Å². The van der Waals surface area contributed by atoms with Gasteiger partial charge in [0.15, 0.2) is 0 Å². The number of hydrogen-bond acceptors (Lipinski definition) is 4. The highest BCUT2D eigenvalue weighted by atomic mass is 16.5. The van der Waals surface area contributed by atoms with Crippen LogP contribution in [0.15, 0.2) is 60.7 Å². The molecule has 3 aromatic rings. The van der Waals surface area contributed by atoms with Crippen LogP contribution in [0, 0.1) is 5.92 Å². The van der Waals surface area contributed by atoms with Gasteiger partial charge < -0.3 is 19.8 Å². The summed E-state index contributed by atoms with van der Waals surface area (Å²) in [6.45, 7) is 5.96. The highest BCUT2D eigenvalue weighted by molar-refractivity contribution is 5.60. The lowest BCUT2D eigenvalue weighted by Gasteiger charge is -2.32. The molecule has 0 amide bonds. The van der Waals surface area contributed by atoms with Crippen LogP contribution in [-0.4, -0.2) is 30.5 Å². The number of phenolic OH excluding ortho intramolecular Hbond substituents is 1. The summed E-state index contributed by atoms with van der Waals surface area (Å²) in [6, 6.07) is 21.1. The van der Waals surface area contributed by atoms with Crippen molar-refractivity contribution in [2.45, 2.75) is 64.8 Å². The van der Waals surface area contributed by atoms with Crippen molar-refractivity contribution in [3.05, 3.63) is 88.5 Å². The zero-order valence-electron chi connectivity index (χ0n) is 22.0. The Hall–Kier alpha value is -2.98. The van der Waals surface area contributed by atoms with Gasteiger partial charge in [0, 0.05) is 24.8 Å². The first-order valence-corrected chi connectivity index (χ1v) is 13.4. The molecule has 4 heteroatoms. The van der Waals surface area contributed by atoms with Crippen molar-refractivity contribution in [2.24, 2.45) is 5.92 Å². The van der Waals surface area contributed by atoms with Crippen LogP contribution < -0.4 is 9.64 Å². The molecule has 0 saturated heterocycles. The van der Waals surface area contributed by atoms with E-state index in [1.54, 1.807) is 13.2 Å². The highest BCUT2D eigenvalue weighted by Gasteiger charge is 2.25. The van der Waals surface area contributed by atoms with Crippen molar-refractivity contribution in [3.63, 3.8) is 0 Å². The van der Waals surface area contributed by atoms with E-state index in [1.165, 1.54) is 40.7 Å². The predicted octanol–water partition coefficient (Wildman–Crippen LogP) is 6.65. The lowest BCUT2D eigenvalue weighted by atomic mass is 9.79. The largest absolute Gasteiger partial charge is 0.508 e. The number of aryl methyl sites for hydroxylation is 2. The number of methoxy groups -OCH3 is 1. The minimum Gasteiger partial charge on any atom is -0.508 e. The number of aliphatic hydroxyl groups is 1. The molecule has 0 spiro atoms. The van der Waals surface area contributed by atoms with E-state index >= 15 is 0 Å². The average molecular weight is 488 g/mol. The molecule has 0 radical (unpaired) electrons. The molecule has 1 aliphatic carbocycles. The fraction of sp³-hybridized carbons (Fsp3) is 0.438. The van der Waals surface area contributed by atoms with Crippen LogP contribution in [0.25, 0.3) is 0 Å². The Kier molecular flexibility index (Phi) is 8.93. The Morgan fingerprint density at radius 1 is 0.972 bits per heavy atom. The fourth-order valence-corrected chi connectivity index (χ4v) is 5.43. The smallest absolute Gasteiger partial charge is 0.120 e. The maximum Gasteiger partial charge on any atom is 0.120 e. The van der Waals surface area contributed by atoms with Crippen molar-refractivity contribution >= 4 is 5.69 Å². The number of benzene rings is 3. The van der Waals surface area contributed by atoms with Gasteiger partial charge in [-0.15, -0.1) is 0 Å². The number of ether oxygens (including phenoxy) is 1. The van der Waals surface area contributed by atoms with E-state index < -0.39 is 0 Å². The molecule has 1 atom stereocenters. The SMILES string of the molecule is COc1ccc([C@@H]2CCc3cc(O)ccc3C2)c(N(CCO)Cc2ccc(CCCC(C)C)cc2)c1. The third-order valence-corrected chi connectivity index (χ3v) is 7.45. The number of aliphatic hydroxyl groups excluding tert-OH is 1. The second kappa shape index (κ2) is 12.3. The Bertz CT molecular complexity index is 1120. The molecule has 0 aliphatic heterocycles. The molecule has 4 rings (SSSR count). The summed E-state index contributed by atoms with van der Waals surface area (Å²) < 4.78 is 5.60. The Balaban J connectivity index is 1.56. The van der Waals surface area contributed by atoms with Gasteiger partial charge in [-0.05, 0) is 90.0 Å². The van der Waals surface area contributed by atoms with Crippen LogP contribution >= 0.6 is 0 Å². The second-order valence-corrected chi connectivity index (χ2v) is 10.6. The van der Waals surface area contributed by atoms with Crippen LogP contribution in [0.2, 0.25) is 0 Å². The molecule has 1 aliphatic rings. The van der Waals surface area contributed by atoms with E-state index in [0.29, 0.717) is 18.2 Å². The van der Waals surface area contributed by atoms with Gasteiger partial charge in [0.25, 0.3) is 0 Å². The van der Waals surface area contributed by atoms with Crippen molar-refractivity contribution in [1.82, 2.24) is 0 Å². The summed E-state index contributed by atoms with van der Waals surface area (Å²) in [6.07, 6.45) is 6.56. The van der Waals surface area contributed by atoms with E-state index in [9.17, 15) is 10.2 Å². The molecule has 0 saturated carbocycles. The second-order valence-electron chi connectivity index (χ2n) is 10.6. The highest BCUT2D eigenvalue weighted by Crippen LogP contribution is 2.40. The first kappa shape index (κ1) is 26.1. The fourth-order valence-electron chi connectivity index (χ4n) is 5.43. The quantitative estimate of drug-likeness (QED) is 0.318. The third kappa shape index (κ3) is 6.61. The van der Waals surface area contributed by atoms with E-state index in [4.69, 9.17) is 4.74 Å². The average Bonchev–Trinajstić information content (AvgIpc) is 2.88. The Labute approximate surface area is 216 Å². The number of phenols is 1. The topological polar surface area (TPSA) is 52.9 Å². The van der Waals surface area contributed by atoms with Gasteiger partial charge in [-0.2, -0.15) is 0 Å². The Morgan fingerprint density at radius 2 is 1.75 bits per heavy atom. The minimum atomic E-state index is 0.0940. The third-order valence-electron chi connectivity index (χ3n) is 7.45. The molecule has 2 N–H and O–H groups in total. The summed E-state index contributed by atoms with van der Waals surface area (Å²) in [7, 11) is 1.70. The molecule has 0 heterocycles. The molecule has 0 aromatic heterocycles. The molecular formula is C32H41NO3. The summed E-state index contributed by atoms with van der Waals surface area (Å²) in [5.74, 6) is 2.31. The maximum absolute atomic E-state index is 9.95. The molecule has 192 valence electrons. The van der Waals surface area contributed by atoms with Gasteiger partial charge >= 0.3 is 0 Å². The van der Waals surface area contributed by atoms with Gasteiger partial charge in [-0.1, -0.05) is 56.7 Å². The van der Waals surface area contributed by atoms with E-state index in [1.807, 2.05) is 12.1 Å². The molecule has 3 aromatic carbocycles. The zero-order valence-corrected chi connectivity index (χ0v) is 22.0. The predicted molar refractivity (Wildman–Crippen MR) is 148 cm³/mol. The normalized spacial score (nSPS) is 15.1. The number of anilines is 1. The monoisotopic (exact) mass is 487 g/mol. The van der Waals surface area contributed by atoms with Gasteiger partial charge in [0.1, 0.15) is 11.5 Å². The molecule has 0 unspecified atom stereocenters. The minimum absolute atomic E-state index is 0.0940. The van der Waals surface area contributed by atoms with Crippen molar-refractivity contribution < 1.29 is 14.9 Å². The molecular weight excluding hydrogens is 446 g/mol. The number of rotatable bonds is 11.